The number of nitrogens with one attached hydrogen (secondary N) is 2. The highest BCUT2D eigenvalue weighted by molar-refractivity contribution is 5.79. The normalized spacial score (nSPS) is 13.1. The number of likely N-dealkylation sites (N-methyl/N-ethyl adjacent to an activating group) is 1. The number of aryl methyl sites for hydroxylation is 2. The van der Waals surface area contributed by atoms with Crippen molar-refractivity contribution in [3.8, 4) is 0 Å². The van der Waals surface area contributed by atoms with Gasteiger partial charge in [0.1, 0.15) is 0 Å². The van der Waals surface area contributed by atoms with Crippen molar-refractivity contribution < 1.29 is 0 Å². The van der Waals surface area contributed by atoms with Gasteiger partial charge in [0.2, 0.25) is 0 Å². The number of rotatable bonds is 7. The zero-order valence-electron chi connectivity index (χ0n) is 16.0. The van der Waals surface area contributed by atoms with E-state index in [1.165, 1.54) is 16.7 Å². The van der Waals surface area contributed by atoms with Gasteiger partial charge in [-0.3, -0.25) is 4.68 Å². The first-order chi connectivity index (χ1) is 12.0. The molecule has 6 heteroatoms. The molecule has 1 aromatic heterocycles. The van der Waals surface area contributed by atoms with E-state index in [4.69, 9.17) is 4.99 Å². The maximum Gasteiger partial charge on any atom is 0.191 e. The highest BCUT2D eigenvalue weighted by Crippen LogP contribution is 2.16. The fourth-order valence-corrected chi connectivity index (χ4v) is 2.70. The van der Waals surface area contributed by atoms with Crippen LogP contribution in [0.1, 0.15) is 29.7 Å². The van der Waals surface area contributed by atoms with Crippen LogP contribution in [0.2, 0.25) is 0 Å². The molecule has 25 heavy (non-hydrogen) atoms. The summed E-state index contributed by atoms with van der Waals surface area (Å²) in [5.41, 5.74) is 3.70. The summed E-state index contributed by atoms with van der Waals surface area (Å²) in [4.78, 5) is 6.92. The van der Waals surface area contributed by atoms with Crippen LogP contribution in [-0.2, 0) is 13.6 Å². The van der Waals surface area contributed by atoms with Crippen molar-refractivity contribution in [2.75, 3.05) is 27.2 Å². The Balaban J connectivity index is 2.04. The molecule has 0 bridgehead atoms. The van der Waals surface area contributed by atoms with Crippen LogP contribution in [0.15, 0.2) is 41.7 Å². The van der Waals surface area contributed by atoms with Crippen molar-refractivity contribution >= 4 is 5.96 Å². The van der Waals surface area contributed by atoms with E-state index in [0.717, 1.165) is 19.0 Å². The Hall–Kier alpha value is -2.34. The first-order valence-electron chi connectivity index (χ1n) is 8.73. The van der Waals surface area contributed by atoms with Gasteiger partial charge < -0.3 is 15.5 Å². The lowest BCUT2D eigenvalue weighted by Gasteiger charge is -2.24. The Bertz CT molecular complexity index is 689. The third-order valence-electron chi connectivity index (χ3n) is 4.21. The molecule has 0 aliphatic carbocycles. The van der Waals surface area contributed by atoms with E-state index >= 15 is 0 Å². The highest BCUT2D eigenvalue weighted by Gasteiger charge is 2.16. The molecule has 1 heterocycles. The summed E-state index contributed by atoms with van der Waals surface area (Å²) >= 11 is 0. The van der Waals surface area contributed by atoms with Crippen molar-refractivity contribution in [3.05, 3.63) is 53.3 Å². The van der Waals surface area contributed by atoms with E-state index in [2.05, 4.69) is 79.0 Å². The van der Waals surface area contributed by atoms with Crippen molar-refractivity contribution in [1.29, 1.82) is 0 Å². The van der Waals surface area contributed by atoms with Crippen molar-refractivity contribution in [3.63, 3.8) is 0 Å². The lowest BCUT2D eigenvalue weighted by molar-refractivity contribution is 0.298. The number of guanidine groups is 1. The first kappa shape index (κ1) is 19.0. The number of benzene rings is 1. The Morgan fingerprint density at radius 2 is 2.04 bits per heavy atom. The maximum atomic E-state index is 4.73. The van der Waals surface area contributed by atoms with Gasteiger partial charge in [-0.05, 0) is 39.1 Å². The predicted octanol–water partition coefficient (Wildman–Crippen LogP) is 2.09. The topological polar surface area (TPSA) is 57.5 Å². The quantitative estimate of drug-likeness (QED) is 0.597. The van der Waals surface area contributed by atoms with Crippen LogP contribution >= 0.6 is 0 Å². The van der Waals surface area contributed by atoms with E-state index in [1.54, 1.807) is 0 Å². The van der Waals surface area contributed by atoms with E-state index in [1.807, 2.05) is 17.9 Å². The standard InChI is InChI=1S/C19H30N6/c1-6-20-19(21-11-16-10-8-7-9-15(16)2)22-13-18(24(3)4)17-12-23-25(5)14-17/h7-10,12,14,18H,6,11,13H2,1-5H3,(H2,20,21,22). The molecule has 0 amide bonds. The Morgan fingerprint density at radius 1 is 1.28 bits per heavy atom. The summed E-state index contributed by atoms with van der Waals surface area (Å²) in [7, 11) is 6.10. The van der Waals surface area contributed by atoms with Crippen LogP contribution in [0.25, 0.3) is 0 Å². The molecule has 2 N–H and O–H groups in total. The summed E-state index contributed by atoms with van der Waals surface area (Å²) in [6.07, 6.45) is 3.98. The lowest BCUT2D eigenvalue weighted by atomic mass is 10.1. The average Bonchev–Trinajstić information content (AvgIpc) is 2.99. The highest BCUT2D eigenvalue weighted by atomic mass is 15.3. The second-order valence-electron chi connectivity index (χ2n) is 6.43. The van der Waals surface area contributed by atoms with Crippen LogP contribution in [0, 0.1) is 6.92 Å². The maximum absolute atomic E-state index is 4.73. The van der Waals surface area contributed by atoms with E-state index < -0.39 is 0 Å². The monoisotopic (exact) mass is 342 g/mol. The summed E-state index contributed by atoms with van der Waals surface area (Å²) in [5, 5.41) is 11.1. The first-order valence-corrected chi connectivity index (χ1v) is 8.73. The van der Waals surface area contributed by atoms with Crippen molar-refractivity contribution in [2.45, 2.75) is 26.4 Å². The Kier molecular flexibility index (Phi) is 7.01. The lowest BCUT2D eigenvalue weighted by Crippen LogP contribution is -2.41. The zero-order valence-corrected chi connectivity index (χ0v) is 16.0. The fourth-order valence-electron chi connectivity index (χ4n) is 2.70. The zero-order chi connectivity index (χ0) is 18.2. The Morgan fingerprint density at radius 3 is 2.64 bits per heavy atom. The molecule has 1 atom stereocenters. The molecule has 0 saturated heterocycles. The molecule has 0 aliphatic rings. The minimum absolute atomic E-state index is 0.232. The molecule has 136 valence electrons. The van der Waals surface area contributed by atoms with Gasteiger partial charge in [-0.2, -0.15) is 5.10 Å². The molecule has 0 saturated carbocycles. The van der Waals surface area contributed by atoms with E-state index in [9.17, 15) is 0 Å². The molecule has 0 spiro atoms. The van der Waals surface area contributed by atoms with Gasteiger partial charge in [-0.25, -0.2) is 4.99 Å². The third-order valence-corrected chi connectivity index (χ3v) is 4.21. The minimum atomic E-state index is 0.232. The second kappa shape index (κ2) is 9.22. The molecule has 1 aromatic carbocycles. The summed E-state index contributed by atoms with van der Waals surface area (Å²) < 4.78 is 1.84. The molecule has 0 fully saturated rings. The number of nitrogens with zero attached hydrogens (tertiary/aromatic N) is 4. The molecule has 1 unspecified atom stereocenters. The molecule has 6 nitrogen and oxygen atoms in total. The fraction of sp³-hybridized carbons (Fsp3) is 0.474. The second-order valence-corrected chi connectivity index (χ2v) is 6.43. The van der Waals surface area contributed by atoms with Crippen LogP contribution in [-0.4, -0.2) is 47.8 Å². The predicted molar refractivity (Wildman–Crippen MR) is 104 cm³/mol. The number of hydrogen-bond donors (Lipinski definition) is 2. The average molecular weight is 342 g/mol. The van der Waals surface area contributed by atoms with E-state index in [-0.39, 0.29) is 6.04 Å². The van der Waals surface area contributed by atoms with Gasteiger partial charge in [-0.15, -0.1) is 0 Å². The largest absolute Gasteiger partial charge is 0.357 e. The number of aromatic nitrogens is 2. The SMILES string of the molecule is CCNC(=NCc1ccccc1C)NCC(c1cnn(C)c1)N(C)C. The number of hydrogen-bond acceptors (Lipinski definition) is 3. The molecule has 2 aromatic rings. The van der Waals surface area contributed by atoms with Gasteiger partial charge >= 0.3 is 0 Å². The minimum Gasteiger partial charge on any atom is -0.357 e. The van der Waals surface area contributed by atoms with Crippen molar-refractivity contribution in [1.82, 2.24) is 25.3 Å². The summed E-state index contributed by atoms with van der Waals surface area (Å²) in [5.74, 6) is 0.835. The molecular weight excluding hydrogens is 312 g/mol. The van der Waals surface area contributed by atoms with Crippen LogP contribution < -0.4 is 10.6 Å². The van der Waals surface area contributed by atoms with Crippen LogP contribution in [0.3, 0.4) is 0 Å². The van der Waals surface area contributed by atoms with Crippen molar-refractivity contribution in [2.24, 2.45) is 12.0 Å². The van der Waals surface area contributed by atoms with Crippen LogP contribution in [0.4, 0.5) is 0 Å². The van der Waals surface area contributed by atoms with Gasteiger partial charge in [0.05, 0.1) is 18.8 Å². The Labute approximate surface area is 151 Å². The van der Waals surface area contributed by atoms with Gasteiger partial charge in [0.15, 0.2) is 5.96 Å². The van der Waals surface area contributed by atoms with Crippen LogP contribution in [0.5, 0.6) is 0 Å². The van der Waals surface area contributed by atoms with Gasteiger partial charge in [0, 0.05) is 31.9 Å². The van der Waals surface area contributed by atoms with Gasteiger partial charge in [0.25, 0.3) is 0 Å². The smallest absolute Gasteiger partial charge is 0.191 e. The number of aliphatic imine (C=N–C) groups is 1. The molecular formula is C19H30N6. The molecule has 0 aliphatic heterocycles. The molecule has 0 radical (unpaired) electrons. The molecule has 2 rings (SSSR count). The van der Waals surface area contributed by atoms with E-state index in [0.29, 0.717) is 6.54 Å². The summed E-state index contributed by atoms with van der Waals surface area (Å²) in [6, 6.07) is 8.59. The van der Waals surface area contributed by atoms with Gasteiger partial charge in [-0.1, -0.05) is 24.3 Å². The third kappa shape index (κ3) is 5.60. The summed E-state index contributed by atoms with van der Waals surface area (Å²) in [6.45, 7) is 6.46.